The van der Waals surface area contributed by atoms with E-state index in [1.54, 1.807) is 11.8 Å². The SMILES string of the molecule is CN1CCS/C1=N/c1ccc(N)cc1. The number of nitrogen functional groups attached to an aromatic ring is 1. The normalized spacial score (nSPS) is 19.2. The molecule has 4 heteroatoms. The third-order valence-corrected chi connectivity index (χ3v) is 3.15. The van der Waals surface area contributed by atoms with Gasteiger partial charge in [-0.1, -0.05) is 11.8 Å². The summed E-state index contributed by atoms with van der Waals surface area (Å²) < 4.78 is 0. The fraction of sp³-hybridized carbons (Fsp3) is 0.300. The van der Waals surface area contributed by atoms with Crippen molar-refractivity contribution in [3.05, 3.63) is 24.3 Å². The maximum Gasteiger partial charge on any atom is 0.164 e. The topological polar surface area (TPSA) is 41.6 Å². The Morgan fingerprint density at radius 1 is 1.36 bits per heavy atom. The lowest BCUT2D eigenvalue weighted by Crippen LogP contribution is -2.17. The lowest BCUT2D eigenvalue weighted by atomic mass is 10.3. The smallest absolute Gasteiger partial charge is 0.164 e. The Kier molecular flexibility index (Phi) is 2.63. The molecule has 0 amide bonds. The number of nitrogens with two attached hydrogens (primary N) is 1. The van der Waals surface area contributed by atoms with Gasteiger partial charge in [-0.2, -0.15) is 0 Å². The minimum atomic E-state index is 0.779. The molecule has 1 aromatic rings. The second kappa shape index (κ2) is 3.92. The summed E-state index contributed by atoms with van der Waals surface area (Å²) in [6.45, 7) is 1.08. The molecule has 2 rings (SSSR count). The molecule has 0 bridgehead atoms. The fourth-order valence-electron chi connectivity index (χ4n) is 1.26. The van der Waals surface area contributed by atoms with E-state index in [0.717, 1.165) is 28.8 Å². The van der Waals surface area contributed by atoms with Crippen molar-refractivity contribution in [2.45, 2.75) is 0 Å². The number of benzene rings is 1. The first-order chi connectivity index (χ1) is 6.75. The number of anilines is 1. The van der Waals surface area contributed by atoms with E-state index in [1.807, 2.05) is 24.3 Å². The summed E-state index contributed by atoms with van der Waals surface area (Å²) in [4.78, 5) is 6.70. The molecule has 1 aliphatic heterocycles. The van der Waals surface area contributed by atoms with E-state index in [0.29, 0.717) is 0 Å². The highest BCUT2D eigenvalue weighted by Crippen LogP contribution is 2.21. The van der Waals surface area contributed by atoms with Crippen LogP contribution in [0.25, 0.3) is 0 Å². The van der Waals surface area contributed by atoms with Crippen molar-refractivity contribution in [3.63, 3.8) is 0 Å². The van der Waals surface area contributed by atoms with E-state index in [2.05, 4.69) is 16.9 Å². The van der Waals surface area contributed by atoms with Crippen molar-refractivity contribution in [2.24, 2.45) is 4.99 Å². The van der Waals surface area contributed by atoms with Gasteiger partial charge in [0.25, 0.3) is 0 Å². The first-order valence-electron chi connectivity index (χ1n) is 4.54. The number of aliphatic imine (C=N–C) groups is 1. The molecule has 0 spiro atoms. The van der Waals surface area contributed by atoms with Crippen LogP contribution in [0.15, 0.2) is 29.3 Å². The summed E-state index contributed by atoms with van der Waals surface area (Å²) in [7, 11) is 2.07. The molecule has 0 aromatic heterocycles. The lowest BCUT2D eigenvalue weighted by molar-refractivity contribution is 0.563. The Labute approximate surface area is 88.0 Å². The zero-order valence-corrected chi connectivity index (χ0v) is 8.92. The van der Waals surface area contributed by atoms with Crippen LogP contribution in [0.3, 0.4) is 0 Å². The van der Waals surface area contributed by atoms with Gasteiger partial charge in [-0.15, -0.1) is 0 Å². The van der Waals surface area contributed by atoms with Crippen LogP contribution in [-0.4, -0.2) is 29.4 Å². The van der Waals surface area contributed by atoms with Crippen LogP contribution in [0.1, 0.15) is 0 Å². The second-order valence-electron chi connectivity index (χ2n) is 3.26. The van der Waals surface area contributed by atoms with Gasteiger partial charge in [0.1, 0.15) is 0 Å². The number of nitrogens with zero attached hydrogens (tertiary/aromatic N) is 2. The van der Waals surface area contributed by atoms with Gasteiger partial charge in [-0.25, -0.2) is 4.99 Å². The van der Waals surface area contributed by atoms with Gasteiger partial charge in [0.2, 0.25) is 0 Å². The maximum absolute atomic E-state index is 5.60. The fourth-order valence-corrected chi connectivity index (χ4v) is 2.29. The molecule has 3 nitrogen and oxygen atoms in total. The summed E-state index contributed by atoms with van der Waals surface area (Å²) in [5.74, 6) is 1.13. The molecule has 0 atom stereocenters. The van der Waals surface area contributed by atoms with Crippen molar-refractivity contribution in [1.29, 1.82) is 0 Å². The van der Waals surface area contributed by atoms with Crippen LogP contribution in [0.4, 0.5) is 11.4 Å². The maximum atomic E-state index is 5.60. The Bertz CT molecular complexity index is 345. The molecule has 0 saturated carbocycles. The van der Waals surface area contributed by atoms with Crippen molar-refractivity contribution >= 4 is 28.3 Å². The molecule has 1 heterocycles. The van der Waals surface area contributed by atoms with Gasteiger partial charge in [0.05, 0.1) is 5.69 Å². The zero-order chi connectivity index (χ0) is 9.97. The van der Waals surface area contributed by atoms with Crippen LogP contribution in [-0.2, 0) is 0 Å². The molecular weight excluding hydrogens is 194 g/mol. The van der Waals surface area contributed by atoms with Crippen LogP contribution < -0.4 is 5.73 Å². The number of hydrogen-bond acceptors (Lipinski definition) is 3. The van der Waals surface area contributed by atoms with Crippen LogP contribution in [0.5, 0.6) is 0 Å². The highest BCUT2D eigenvalue weighted by atomic mass is 32.2. The molecule has 0 unspecified atom stereocenters. The highest BCUT2D eigenvalue weighted by molar-refractivity contribution is 8.14. The third-order valence-electron chi connectivity index (χ3n) is 2.10. The van der Waals surface area contributed by atoms with Crippen LogP contribution in [0.2, 0.25) is 0 Å². The largest absolute Gasteiger partial charge is 0.399 e. The number of thioether (sulfide) groups is 1. The highest BCUT2D eigenvalue weighted by Gasteiger charge is 2.14. The van der Waals surface area contributed by atoms with E-state index in [-0.39, 0.29) is 0 Å². The number of hydrogen-bond donors (Lipinski definition) is 1. The van der Waals surface area contributed by atoms with Gasteiger partial charge >= 0.3 is 0 Å². The Hall–Kier alpha value is -1.16. The zero-order valence-electron chi connectivity index (χ0n) is 8.10. The van der Waals surface area contributed by atoms with E-state index in [9.17, 15) is 0 Å². The molecule has 74 valence electrons. The van der Waals surface area contributed by atoms with Crippen LogP contribution in [0, 0.1) is 0 Å². The Morgan fingerprint density at radius 3 is 2.64 bits per heavy atom. The molecule has 0 aliphatic carbocycles. The average Bonchev–Trinajstić information content (AvgIpc) is 2.56. The van der Waals surface area contributed by atoms with Crippen molar-refractivity contribution in [2.75, 3.05) is 25.1 Å². The van der Waals surface area contributed by atoms with Gasteiger partial charge in [0, 0.05) is 25.0 Å². The molecule has 1 aliphatic rings. The lowest BCUT2D eigenvalue weighted by Gasteiger charge is -2.09. The van der Waals surface area contributed by atoms with Gasteiger partial charge < -0.3 is 10.6 Å². The quantitative estimate of drug-likeness (QED) is 0.715. The third kappa shape index (κ3) is 2.01. The molecule has 1 aromatic carbocycles. The van der Waals surface area contributed by atoms with Crippen molar-refractivity contribution < 1.29 is 0 Å². The molecule has 14 heavy (non-hydrogen) atoms. The summed E-state index contributed by atoms with van der Waals surface area (Å²) >= 11 is 1.79. The summed E-state index contributed by atoms with van der Waals surface area (Å²) in [6.07, 6.45) is 0. The number of amidine groups is 1. The van der Waals surface area contributed by atoms with E-state index >= 15 is 0 Å². The van der Waals surface area contributed by atoms with Gasteiger partial charge in [-0.3, -0.25) is 0 Å². The van der Waals surface area contributed by atoms with Crippen molar-refractivity contribution in [1.82, 2.24) is 4.90 Å². The summed E-state index contributed by atoms with van der Waals surface area (Å²) in [6, 6.07) is 7.63. The van der Waals surface area contributed by atoms with Gasteiger partial charge in [0.15, 0.2) is 5.17 Å². The second-order valence-corrected chi connectivity index (χ2v) is 4.32. The average molecular weight is 207 g/mol. The van der Waals surface area contributed by atoms with Gasteiger partial charge in [-0.05, 0) is 24.3 Å². The number of rotatable bonds is 1. The van der Waals surface area contributed by atoms with E-state index < -0.39 is 0 Å². The Balaban J connectivity index is 2.20. The van der Waals surface area contributed by atoms with E-state index in [4.69, 9.17) is 5.73 Å². The monoisotopic (exact) mass is 207 g/mol. The van der Waals surface area contributed by atoms with Crippen LogP contribution >= 0.6 is 11.8 Å². The van der Waals surface area contributed by atoms with E-state index in [1.165, 1.54) is 0 Å². The minimum absolute atomic E-state index is 0.779. The predicted octanol–water partition coefficient (Wildman–Crippen LogP) is 1.93. The standard InChI is InChI=1S/C10H13N3S/c1-13-6-7-14-10(13)12-9-4-2-8(11)3-5-9/h2-5H,6-7,11H2,1H3/b12-10+. The predicted molar refractivity (Wildman–Crippen MR) is 63.0 cm³/mol. The Morgan fingerprint density at radius 2 is 2.07 bits per heavy atom. The molecule has 2 N–H and O–H groups in total. The molecular formula is C10H13N3S. The molecule has 0 radical (unpaired) electrons. The first-order valence-corrected chi connectivity index (χ1v) is 5.52. The molecule has 1 saturated heterocycles. The summed E-state index contributed by atoms with van der Waals surface area (Å²) in [5, 5.41) is 1.09. The molecule has 1 fully saturated rings. The minimum Gasteiger partial charge on any atom is -0.399 e. The summed E-state index contributed by atoms with van der Waals surface area (Å²) in [5.41, 5.74) is 7.35. The first kappa shape index (κ1) is 9.40. The van der Waals surface area contributed by atoms with Crippen molar-refractivity contribution in [3.8, 4) is 0 Å².